The van der Waals surface area contributed by atoms with Crippen molar-refractivity contribution < 1.29 is 14.6 Å². The molecule has 11 unspecified atom stereocenters. The van der Waals surface area contributed by atoms with Crippen LogP contribution < -0.4 is 0 Å². The molecule has 4 nitrogen and oxygen atoms in total. The monoisotopic (exact) mass is 429 g/mol. The summed E-state index contributed by atoms with van der Waals surface area (Å²) in [5, 5.41) is 10.3. The molecule has 2 saturated heterocycles. The third kappa shape index (κ3) is 3.10. The molecular weight excluding hydrogens is 386 g/mol. The largest absolute Gasteiger partial charge is 0.393 e. The van der Waals surface area contributed by atoms with E-state index in [1.165, 1.54) is 38.5 Å². The van der Waals surface area contributed by atoms with Crippen molar-refractivity contribution in [1.82, 2.24) is 4.90 Å². The van der Waals surface area contributed by atoms with Crippen LogP contribution in [0.2, 0.25) is 0 Å². The first-order valence-electron chi connectivity index (χ1n) is 13.4. The highest BCUT2D eigenvalue weighted by Crippen LogP contribution is 2.68. The molecule has 6 fully saturated rings. The third-order valence-corrected chi connectivity index (χ3v) is 11.4. The highest BCUT2D eigenvalue weighted by atomic mass is 16.5. The Bertz CT molecular complexity index is 732. The number of fused-ring (bicyclic) bond motifs is 7. The van der Waals surface area contributed by atoms with Crippen molar-refractivity contribution in [2.24, 2.45) is 46.8 Å². The molecule has 2 aliphatic heterocycles. The molecule has 4 saturated carbocycles. The second-order valence-electron chi connectivity index (χ2n) is 13.0. The van der Waals surface area contributed by atoms with E-state index >= 15 is 0 Å². The summed E-state index contributed by atoms with van der Waals surface area (Å²) in [6, 6.07) is 0. The third-order valence-electron chi connectivity index (χ3n) is 11.4. The molecular formula is C27H43NO3. The fourth-order valence-electron chi connectivity index (χ4n) is 9.52. The fourth-order valence-corrected chi connectivity index (χ4v) is 9.52. The Hall–Kier alpha value is -0.610. The van der Waals surface area contributed by atoms with Gasteiger partial charge >= 0.3 is 0 Å². The van der Waals surface area contributed by atoms with Gasteiger partial charge in [-0.15, -0.1) is 0 Å². The van der Waals surface area contributed by atoms with Crippen LogP contribution in [0, 0.1) is 46.8 Å². The van der Waals surface area contributed by atoms with Gasteiger partial charge in [0.25, 0.3) is 5.91 Å². The summed E-state index contributed by atoms with van der Waals surface area (Å²) < 4.78 is 6.07. The van der Waals surface area contributed by atoms with Crippen molar-refractivity contribution >= 4 is 5.91 Å². The summed E-state index contributed by atoms with van der Waals surface area (Å²) >= 11 is 0. The molecule has 0 aromatic heterocycles. The van der Waals surface area contributed by atoms with Crippen molar-refractivity contribution in [3.05, 3.63) is 0 Å². The maximum atomic E-state index is 13.7. The van der Waals surface area contributed by atoms with Gasteiger partial charge in [0, 0.05) is 12.1 Å². The van der Waals surface area contributed by atoms with E-state index in [0.717, 1.165) is 62.5 Å². The summed E-state index contributed by atoms with van der Waals surface area (Å²) in [6.45, 7) is 8.97. The molecule has 0 aromatic rings. The smallest absolute Gasteiger partial charge is 0.252 e. The molecule has 4 aliphatic carbocycles. The first kappa shape index (κ1) is 21.0. The topological polar surface area (TPSA) is 49.8 Å². The molecule has 1 N–H and O–H groups in total. The number of carbonyl (C=O) groups excluding carboxylic acids is 1. The van der Waals surface area contributed by atoms with Crippen molar-refractivity contribution in [3.8, 4) is 0 Å². The van der Waals surface area contributed by atoms with Gasteiger partial charge in [-0.1, -0.05) is 13.8 Å². The second kappa shape index (κ2) is 7.19. The second-order valence-corrected chi connectivity index (χ2v) is 13.0. The summed E-state index contributed by atoms with van der Waals surface area (Å²) in [7, 11) is 0. The lowest BCUT2D eigenvalue weighted by molar-refractivity contribution is -0.179. The average molecular weight is 430 g/mol. The molecule has 174 valence electrons. The molecule has 11 atom stereocenters. The Morgan fingerprint density at radius 3 is 2.61 bits per heavy atom. The fraction of sp³-hybridized carbons (Fsp3) is 0.963. The van der Waals surface area contributed by atoms with Crippen LogP contribution in [0.15, 0.2) is 0 Å². The van der Waals surface area contributed by atoms with Gasteiger partial charge in [0.1, 0.15) is 6.10 Å². The highest BCUT2D eigenvalue weighted by Gasteiger charge is 2.66. The van der Waals surface area contributed by atoms with E-state index in [-0.39, 0.29) is 17.7 Å². The van der Waals surface area contributed by atoms with E-state index in [4.69, 9.17) is 4.74 Å². The number of likely N-dealkylation sites (tertiary alicyclic amines) is 1. The molecule has 0 aromatic carbocycles. The van der Waals surface area contributed by atoms with Gasteiger partial charge in [0.15, 0.2) is 0 Å². The average Bonchev–Trinajstić information content (AvgIpc) is 3.52. The maximum absolute atomic E-state index is 13.7. The Morgan fingerprint density at radius 2 is 1.84 bits per heavy atom. The van der Waals surface area contributed by atoms with Gasteiger partial charge in [0.05, 0.1) is 12.7 Å². The molecule has 0 radical (unpaired) electrons. The number of nitrogens with zero attached hydrogens (tertiary/aromatic N) is 1. The van der Waals surface area contributed by atoms with E-state index in [1.807, 2.05) is 0 Å². The number of piperidine rings is 1. The van der Waals surface area contributed by atoms with Gasteiger partial charge < -0.3 is 14.7 Å². The van der Waals surface area contributed by atoms with E-state index < -0.39 is 0 Å². The van der Waals surface area contributed by atoms with Gasteiger partial charge in [-0.2, -0.15) is 0 Å². The summed E-state index contributed by atoms with van der Waals surface area (Å²) in [5.74, 6) is 5.43. The van der Waals surface area contributed by atoms with E-state index in [1.54, 1.807) is 0 Å². The predicted molar refractivity (Wildman–Crippen MR) is 120 cm³/mol. The molecule has 4 heteroatoms. The summed E-state index contributed by atoms with van der Waals surface area (Å²) in [4.78, 5) is 16.1. The number of carbonyl (C=O) groups is 1. The Morgan fingerprint density at radius 1 is 1.00 bits per heavy atom. The number of hydrogen-bond acceptors (Lipinski definition) is 3. The predicted octanol–water partition coefficient (Wildman–Crippen LogP) is 4.64. The Balaban J connectivity index is 1.27. The van der Waals surface area contributed by atoms with Crippen molar-refractivity contribution in [1.29, 1.82) is 0 Å². The van der Waals surface area contributed by atoms with Crippen molar-refractivity contribution in [2.45, 2.75) is 103 Å². The van der Waals surface area contributed by atoms with E-state index in [9.17, 15) is 9.90 Å². The zero-order valence-corrected chi connectivity index (χ0v) is 19.9. The standard InChI is InChI=1S/C27H43NO3/c1-16-4-7-23(31-15-16)25(30)28-14-17-12-21(17)24-20-6-5-18-13-19(29)8-10-26(18,2)22(20)9-11-27(24,28)3/h16-24,29H,4-15H2,1-3H3. The van der Waals surface area contributed by atoms with E-state index in [0.29, 0.717) is 29.1 Å². The summed E-state index contributed by atoms with van der Waals surface area (Å²) in [6.07, 6.45) is 11.4. The number of rotatable bonds is 1. The van der Waals surface area contributed by atoms with Gasteiger partial charge in [-0.05, 0) is 118 Å². The molecule has 1 amide bonds. The number of hydrogen-bond donors (Lipinski definition) is 1. The lowest BCUT2D eigenvalue weighted by Gasteiger charge is -2.64. The number of aliphatic hydroxyl groups excluding tert-OH is 1. The first-order chi connectivity index (χ1) is 14.8. The van der Waals surface area contributed by atoms with E-state index in [2.05, 4.69) is 25.7 Å². The normalized spacial score (nSPS) is 56.0. The quantitative estimate of drug-likeness (QED) is 0.660. The van der Waals surface area contributed by atoms with Crippen LogP contribution in [0.4, 0.5) is 0 Å². The van der Waals surface area contributed by atoms with Crippen molar-refractivity contribution in [2.75, 3.05) is 13.2 Å². The molecule has 6 rings (SSSR count). The van der Waals surface area contributed by atoms with Crippen LogP contribution in [-0.4, -0.2) is 46.8 Å². The summed E-state index contributed by atoms with van der Waals surface area (Å²) in [5.41, 5.74) is 0.433. The Kier molecular flexibility index (Phi) is 4.86. The van der Waals surface area contributed by atoms with Gasteiger partial charge in [0.2, 0.25) is 0 Å². The zero-order chi connectivity index (χ0) is 21.5. The van der Waals surface area contributed by atoms with Crippen LogP contribution in [0.5, 0.6) is 0 Å². The molecule has 6 aliphatic rings. The van der Waals surface area contributed by atoms with Crippen LogP contribution in [0.25, 0.3) is 0 Å². The minimum atomic E-state index is -0.199. The number of amides is 1. The molecule has 0 bridgehead atoms. The van der Waals surface area contributed by atoms with Crippen molar-refractivity contribution in [3.63, 3.8) is 0 Å². The molecule has 31 heavy (non-hydrogen) atoms. The highest BCUT2D eigenvalue weighted by molar-refractivity contribution is 5.82. The Labute approximate surface area is 188 Å². The lowest BCUT2D eigenvalue weighted by atomic mass is 9.45. The maximum Gasteiger partial charge on any atom is 0.252 e. The molecule has 2 heterocycles. The first-order valence-corrected chi connectivity index (χ1v) is 13.4. The van der Waals surface area contributed by atoms with Gasteiger partial charge in [-0.25, -0.2) is 0 Å². The SMILES string of the molecule is CC1CCC(C(=O)N2CC3CC3C3C4CCC5CC(O)CCC5(C)C4CCC32C)OC1. The zero-order valence-electron chi connectivity index (χ0n) is 19.9. The minimum Gasteiger partial charge on any atom is -0.393 e. The number of aliphatic hydroxyl groups is 1. The van der Waals surface area contributed by atoms with Crippen LogP contribution in [0.1, 0.15) is 85.0 Å². The van der Waals surface area contributed by atoms with Crippen LogP contribution >= 0.6 is 0 Å². The number of ether oxygens (including phenoxy) is 1. The van der Waals surface area contributed by atoms with Crippen LogP contribution in [0.3, 0.4) is 0 Å². The minimum absolute atomic E-state index is 0.0275. The lowest BCUT2D eigenvalue weighted by Crippen LogP contribution is -2.67. The van der Waals surface area contributed by atoms with Gasteiger partial charge in [-0.3, -0.25) is 4.79 Å². The van der Waals surface area contributed by atoms with Crippen LogP contribution in [-0.2, 0) is 9.53 Å². The molecule has 0 spiro atoms.